The van der Waals surface area contributed by atoms with E-state index in [4.69, 9.17) is 5.73 Å². The predicted octanol–water partition coefficient (Wildman–Crippen LogP) is 3.76. The summed E-state index contributed by atoms with van der Waals surface area (Å²) < 4.78 is 0. The van der Waals surface area contributed by atoms with E-state index in [1.165, 1.54) is 11.1 Å². The molecule has 0 radical (unpaired) electrons. The van der Waals surface area contributed by atoms with Crippen LogP contribution in [0.3, 0.4) is 0 Å². The van der Waals surface area contributed by atoms with Gasteiger partial charge in [-0.1, -0.05) is 45.9 Å². The Morgan fingerprint density at radius 1 is 1.00 bits per heavy atom. The lowest BCUT2D eigenvalue weighted by Gasteiger charge is -2.15. The van der Waals surface area contributed by atoms with Crippen LogP contribution in [0.2, 0.25) is 0 Å². The Morgan fingerprint density at radius 2 is 1.38 bits per heavy atom. The molecule has 1 heteroatoms. The maximum Gasteiger partial charge on any atom is 0.0384 e. The summed E-state index contributed by atoms with van der Waals surface area (Å²) in [5, 5.41) is 0. The SMILES string of the molecule is CC(C)c1cccc(C(C)C)c1N.[HH]. The minimum atomic E-state index is 0. The lowest BCUT2D eigenvalue weighted by Crippen LogP contribution is -2.02. The van der Waals surface area contributed by atoms with Crippen LogP contribution >= 0.6 is 0 Å². The van der Waals surface area contributed by atoms with Crippen molar-refractivity contribution in [3.63, 3.8) is 0 Å². The molecule has 0 aliphatic carbocycles. The van der Waals surface area contributed by atoms with Crippen molar-refractivity contribution >= 4 is 5.69 Å². The molecule has 0 aliphatic heterocycles. The van der Waals surface area contributed by atoms with Crippen LogP contribution in [0.25, 0.3) is 0 Å². The van der Waals surface area contributed by atoms with Crippen LogP contribution in [0.15, 0.2) is 18.2 Å². The summed E-state index contributed by atoms with van der Waals surface area (Å²) >= 11 is 0. The summed E-state index contributed by atoms with van der Waals surface area (Å²) in [7, 11) is 0. The number of nitrogen functional groups attached to an aromatic ring is 1. The number of rotatable bonds is 2. The van der Waals surface area contributed by atoms with E-state index in [0.717, 1.165) is 5.69 Å². The number of benzene rings is 1. The Morgan fingerprint density at radius 3 is 1.69 bits per heavy atom. The van der Waals surface area contributed by atoms with Gasteiger partial charge in [-0.15, -0.1) is 0 Å². The highest BCUT2D eigenvalue weighted by Gasteiger charge is 2.09. The third-order valence-electron chi connectivity index (χ3n) is 2.42. The topological polar surface area (TPSA) is 26.0 Å². The first kappa shape index (κ1) is 10.1. The molecule has 1 aromatic carbocycles. The molecule has 0 saturated carbocycles. The van der Waals surface area contributed by atoms with Crippen LogP contribution in [-0.4, -0.2) is 0 Å². The average molecular weight is 179 g/mol. The monoisotopic (exact) mass is 179 g/mol. The Bertz CT molecular complexity index is 266. The highest BCUT2D eigenvalue weighted by molar-refractivity contribution is 5.56. The molecule has 13 heavy (non-hydrogen) atoms. The second kappa shape index (κ2) is 3.82. The van der Waals surface area contributed by atoms with Crippen molar-refractivity contribution in [2.75, 3.05) is 5.73 Å². The molecule has 74 valence electrons. The van der Waals surface area contributed by atoms with Crippen molar-refractivity contribution in [1.29, 1.82) is 0 Å². The molecule has 1 rings (SSSR count). The standard InChI is InChI=1S/C12H19N.H2/c1-8(2)10-6-5-7-11(9(3)4)12(10)13;/h5-9H,13H2,1-4H3;1H. The second-order valence-electron chi connectivity index (χ2n) is 4.16. The molecule has 1 nitrogen and oxygen atoms in total. The number of nitrogens with two attached hydrogens (primary N) is 1. The molecule has 0 spiro atoms. The van der Waals surface area contributed by atoms with E-state index in [0.29, 0.717) is 11.8 Å². The summed E-state index contributed by atoms with van der Waals surface area (Å²) in [6, 6.07) is 6.33. The van der Waals surface area contributed by atoms with Gasteiger partial charge in [0.05, 0.1) is 0 Å². The smallest absolute Gasteiger partial charge is 0.0384 e. The van der Waals surface area contributed by atoms with Crippen molar-refractivity contribution in [3.8, 4) is 0 Å². The van der Waals surface area contributed by atoms with Gasteiger partial charge in [0.1, 0.15) is 0 Å². The van der Waals surface area contributed by atoms with Gasteiger partial charge < -0.3 is 5.73 Å². The fourth-order valence-electron chi connectivity index (χ4n) is 1.61. The molecule has 0 saturated heterocycles. The second-order valence-corrected chi connectivity index (χ2v) is 4.16. The molecule has 0 fully saturated rings. The molecule has 0 amide bonds. The minimum Gasteiger partial charge on any atom is -0.398 e. The van der Waals surface area contributed by atoms with Crippen molar-refractivity contribution < 1.29 is 1.43 Å². The maximum absolute atomic E-state index is 6.09. The molecule has 1 aromatic rings. The number of hydrogen-bond donors (Lipinski definition) is 1. The molecule has 0 aliphatic rings. The zero-order chi connectivity index (χ0) is 10.0. The van der Waals surface area contributed by atoms with Crippen molar-refractivity contribution in [2.45, 2.75) is 39.5 Å². The van der Waals surface area contributed by atoms with Gasteiger partial charge in [-0.25, -0.2) is 0 Å². The Balaban J connectivity index is 0.00000169. The highest BCUT2D eigenvalue weighted by Crippen LogP contribution is 2.29. The normalized spacial score (nSPS) is 11.2. The first-order valence-corrected chi connectivity index (χ1v) is 4.92. The van der Waals surface area contributed by atoms with Gasteiger partial charge in [0, 0.05) is 7.11 Å². The summed E-state index contributed by atoms with van der Waals surface area (Å²) in [5.41, 5.74) is 9.60. The number of para-hydroxylation sites is 1. The van der Waals surface area contributed by atoms with Gasteiger partial charge in [0.25, 0.3) is 0 Å². The first-order valence-electron chi connectivity index (χ1n) is 4.92. The number of anilines is 1. The van der Waals surface area contributed by atoms with Crippen LogP contribution in [0, 0.1) is 0 Å². The lowest BCUT2D eigenvalue weighted by molar-refractivity contribution is 0.840. The molecule has 0 aromatic heterocycles. The van der Waals surface area contributed by atoms with E-state index in [1.807, 2.05) is 0 Å². The van der Waals surface area contributed by atoms with Gasteiger partial charge in [-0.05, 0) is 23.0 Å². The van der Waals surface area contributed by atoms with E-state index >= 15 is 0 Å². The summed E-state index contributed by atoms with van der Waals surface area (Å²) in [5.74, 6) is 1.03. The third kappa shape index (κ3) is 2.03. The zero-order valence-corrected chi connectivity index (χ0v) is 8.96. The largest absolute Gasteiger partial charge is 0.398 e. The lowest BCUT2D eigenvalue weighted by atomic mass is 9.93. The van der Waals surface area contributed by atoms with Gasteiger partial charge in [0.2, 0.25) is 0 Å². The molecule has 0 atom stereocenters. The fourth-order valence-corrected chi connectivity index (χ4v) is 1.61. The van der Waals surface area contributed by atoms with Gasteiger partial charge in [-0.2, -0.15) is 0 Å². The molecular weight excluding hydrogens is 158 g/mol. The summed E-state index contributed by atoms with van der Waals surface area (Å²) in [6.45, 7) is 8.71. The predicted molar refractivity (Wildman–Crippen MR) is 61.1 cm³/mol. The zero-order valence-electron chi connectivity index (χ0n) is 8.96. The van der Waals surface area contributed by atoms with E-state index < -0.39 is 0 Å². The van der Waals surface area contributed by atoms with Crippen molar-refractivity contribution in [1.82, 2.24) is 0 Å². The quantitative estimate of drug-likeness (QED) is 0.687. The molecular formula is C12H21N. The Labute approximate surface area is 82.4 Å². The molecule has 0 unspecified atom stereocenters. The van der Waals surface area contributed by atoms with Gasteiger partial charge >= 0.3 is 0 Å². The first-order chi connectivity index (χ1) is 6.04. The summed E-state index contributed by atoms with van der Waals surface area (Å²) in [6.07, 6.45) is 0. The van der Waals surface area contributed by atoms with E-state index in [-0.39, 0.29) is 1.43 Å². The molecule has 0 heterocycles. The third-order valence-corrected chi connectivity index (χ3v) is 2.42. The Kier molecular flexibility index (Phi) is 2.97. The van der Waals surface area contributed by atoms with E-state index in [1.54, 1.807) is 0 Å². The van der Waals surface area contributed by atoms with Crippen molar-refractivity contribution in [3.05, 3.63) is 29.3 Å². The van der Waals surface area contributed by atoms with Crippen molar-refractivity contribution in [2.24, 2.45) is 0 Å². The fraction of sp³-hybridized carbons (Fsp3) is 0.500. The van der Waals surface area contributed by atoms with Crippen LogP contribution < -0.4 is 5.73 Å². The molecule has 0 bridgehead atoms. The van der Waals surface area contributed by atoms with Crippen LogP contribution in [0.1, 0.15) is 52.1 Å². The van der Waals surface area contributed by atoms with Crippen LogP contribution in [0.5, 0.6) is 0 Å². The molecule has 2 N–H and O–H groups in total. The maximum atomic E-state index is 6.09. The van der Waals surface area contributed by atoms with Crippen LogP contribution in [0.4, 0.5) is 5.69 Å². The minimum absolute atomic E-state index is 0. The van der Waals surface area contributed by atoms with Crippen LogP contribution in [-0.2, 0) is 0 Å². The van der Waals surface area contributed by atoms with Gasteiger partial charge in [-0.3, -0.25) is 0 Å². The highest BCUT2D eigenvalue weighted by atomic mass is 14.6. The number of hydrogen-bond acceptors (Lipinski definition) is 1. The van der Waals surface area contributed by atoms with E-state index in [9.17, 15) is 0 Å². The van der Waals surface area contributed by atoms with E-state index in [2.05, 4.69) is 45.9 Å². The summed E-state index contributed by atoms with van der Waals surface area (Å²) in [4.78, 5) is 0. The average Bonchev–Trinajstić information content (AvgIpc) is 2.03. The van der Waals surface area contributed by atoms with Gasteiger partial charge in [0.15, 0.2) is 0 Å². The Hall–Kier alpha value is -0.980.